The number of hydrogen-bond donors (Lipinski definition) is 1. The zero-order valence-electron chi connectivity index (χ0n) is 22.5. The van der Waals surface area contributed by atoms with Crippen LogP contribution in [0.15, 0.2) is 82.7 Å². The van der Waals surface area contributed by atoms with Crippen LogP contribution in [0.3, 0.4) is 0 Å². The number of aromatic nitrogens is 2. The lowest BCUT2D eigenvalue weighted by molar-refractivity contribution is -0.124. The van der Waals surface area contributed by atoms with E-state index in [0.717, 1.165) is 31.2 Å². The molecule has 5 rings (SSSR count). The molecule has 1 heterocycles. The molecule has 1 amide bonds. The van der Waals surface area contributed by atoms with Crippen LogP contribution in [-0.4, -0.2) is 27.0 Å². The second-order valence-corrected chi connectivity index (χ2v) is 12.2. The highest BCUT2D eigenvalue weighted by atomic mass is 35.5. The monoisotopic (exact) mass is 607 g/mol. The Balaban J connectivity index is 1.23. The highest BCUT2D eigenvalue weighted by molar-refractivity contribution is 7.99. The van der Waals surface area contributed by atoms with Crippen molar-refractivity contribution in [2.24, 2.45) is 11.8 Å². The van der Waals surface area contributed by atoms with Gasteiger partial charge < -0.3 is 5.32 Å². The molecule has 212 valence electrons. The zero-order valence-corrected chi connectivity index (χ0v) is 24.9. The van der Waals surface area contributed by atoms with E-state index in [0.29, 0.717) is 51.2 Å². The highest BCUT2D eigenvalue weighted by Gasteiger charge is 2.27. The highest BCUT2D eigenvalue weighted by Crippen LogP contribution is 2.32. The number of para-hydroxylation sites is 2. The number of carbonyl (C=O) groups excluding carboxylic acids is 2. The molecule has 4 aromatic rings. The summed E-state index contributed by atoms with van der Waals surface area (Å²) in [5.74, 6) is 0.437. The molecule has 0 bridgehead atoms. The number of carbonyl (C=O) groups is 2. The molecule has 9 heteroatoms. The molecule has 6 nitrogen and oxygen atoms in total. The van der Waals surface area contributed by atoms with E-state index in [1.807, 2.05) is 42.5 Å². The van der Waals surface area contributed by atoms with Crippen molar-refractivity contribution in [3.05, 3.63) is 98.8 Å². The maximum atomic E-state index is 13.6. The van der Waals surface area contributed by atoms with Crippen LogP contribution in [0.5, 0.6) is 0 Å². The number of ketones is 1. The van der Waals surface area contributed by atoms with Gasteiger partial charge in [-0.1, -0.05) is 77.4 Å². The number of aryl methyl sites for hydroxylation is 1. The summed E-state index contributed by atoms with van der Waals surface area (Å²) in [6.45, 7) is 0.506. The van der Waals surface area contributed by atoms with E-state index in [4.69, 9.17) is 28.2 Å². The van der Waals surface area contributed by atoms with Crippen molar-refractivity contribution >= 4 is 63.2 Å². The number of fused-ring (bicyclic) bond motifs is 1. The number of amides is 1. The van der Waals surface area contributed by atoms with Gasteiger partial charge in [-0.2, -0.15) is 0 Å². The molecule has 1 aromatic heterocycles. The summed E-state index contributed by atoms with van der Waals surface area (Å²) in [6, 6.07) is 22.0. The molecule has 0 atom stereocenters. The Labute approximate surface area is 253 Å². The first-order valence-corrected chi connectivity index (χ1v) is 15.6. The fraction of sp³-hybridized carbons (Fsp3) is 0.312. The second kappa shape index (κ2) is 13.7. The van der Waals surface area contributed by atoms with Crippen molar-refractivity contribution in [2.45, 2.75) is 50.2 Å². The Bertz CT molecular complexity index is 1620. The van der Waals surface area contributed by atoms with Gasteiger partial charge in [0.2, 0.25) is 5.91 Å². The summed E-state index contributed by atoms with van der Waals surface area (Å²) in [6.07, 6.45) is 4.48. The molecule has 0 aliphatic heterocycles. The van der Waals surface area contributed by atoms with E-state index in [9.17, 15) is 14.4 Å². The summed E-state index contributed by atoms with van der Waals surface area (Å²) in [4.78, 5) is 44.0. The minimum Gasteiger partial charge on any atom is -0.324 e. The Morgan fingerprint density at radius 3 is 2.34 bits per heavy atom. The van der Waals surface area contributed by atoms with Gasteiger partial charge in [-0.15, -0.1) is 0 Å². The maximum Gasteiger partial charge on any atom is 0.262 e. The van der Waals surface area contributed by atoms with Crippen molar-refractivity contribution in [2.75, 3.05) is 11.1 Å². The molecule has 1 fully saturated rings. The van der Waals surface area contributed by atoms with Gasteiger partial charge in [0.15, 0.2) is 5.16 Å². The number of hydrogen-bond acceptors (Lipinski definition) is 5. The molecule has 1 N–H and O–H groups in total. The molecule has 41 heavy (non-hydrogen) atoms. The number of Topliss-reactive ketones (excluding diaryl/α,β-unsaturated/α-hetero) is 1. The summed E-state index contributed by atoms with van der Waals surface area (Å²) in [5, 5.41) is 5.06. The lowest BCUT2D eigenvalue weighted by Gasteiger charge is -2.28. The van der Waals surface area contributed by atoms with Gasteiger partial charge in [-0.05, 0) is 73.9 Å². The van der Waals surface area contributed by atoms with Gasteiger partial charge in [-0.25, -0.2) is 4.98 Å². The number of anilines is 1. The van der Waals surface area contributed by atoms with Gasteiger partial charge in [-0.3, -0.25) is 19.0 Å². The molecule has 0 saturated heterocycles. The van der Waals surface area contributed by atoms with Crippen LogP contribution in [0, 0.1) is 11.8 Å². The number of thioether (sulfide) groups is 1. The molecule has 0 radical (unpaired) electrons. The van der Waals surface area contributed by atoms with Crippen molar-refractivity contribution < 1.29 is 9.59 Å². The fourth-order valence-corrected chi connectivity index (χ4v) is 6.61. The minimum absolute atomic E-state index is 0.0440. The van der Waals surface area contributed by atoms with E-state index in [2.05, 4.69) is 5.32 Å². The fourth-order valence-electron chi connectivity index (χ4n) is 5.39. The average Bonchev–Trinajstić information content (AvgIpc) is 2.98. The predicted molar refractivity (Wildman–Crippen MR) is 167 cm³/mol. The summed E-state index contributed by atoms with van der Waals surface area (Å²) >= 11 is 13.7. The molecule has 1 aliphatic rings. The zero-order chi connectivity index (χ0) is 28.8. The van der Waals surface area contributed by atoms with Crippen LogP contribution in [0.25, 0.3) is 10.9 Å². The van der Waals surface area contributed by atoms with Crippen LogP contribution in [0.1, 0.15) is 37.7 Å². The summed E-state index contributed by atoms with van der Waals surface area (Å²) in [7, 11) is 0. The summed E-state index contributed by atoms with van der Waals surface area (Å²) < 4.78 is 1.71. The Morgan fingerprint density at radius 2 is 1.59 bits per heavy atom. The second-order valence-electron chi connectivity index (χ2n) is 10.4. The Hall–Kier alpha value is -3.13. The van der Waals surface area contributed by atoms with Crippen LogP contribution < -0.4 is 10.9 Å². The maximum absolute atomic E-state index is 13.6. The Kier molecular flexibility index (Phi) is 9.80. The van der Waals surface area contributed by atoms with E-state index in [1.165, 1.54) is 11.8 Å². The summed E-state index contributed by atoms with van der Waals surface area (Å²) in [5.41, 5.74) is 2.05. The number of nitrogens with one attached hydrogen (secondary N) is 1. The molecule has 0 spiro atoms. The van der Waals surface area contributed by atoms with Crippen molar-refractivity contribution in [3.63, 3.8) is 0 Å². The third-order valence-corrected chi connectivity index (χ3v) is 9.32. The van der Waals surface area contributed by atoms with Crippen LogP contribution in [0.4, 0.5) is 5.69 Å². The molecule has 0 unspecified atom stereocenters. The minimum atomic E-state index is -0.229. The van der Waals surface area contributed by atoms with Gasteiger partial charge in [0, 0.05) is 23.9 Å². The molecule has 1 saturated carbocycles. The molecule has 3 aromatic carbocycles. The number of rotatable bonds is 10. The molecule has 1 aliphatic carbocycles. The smallest absolute Gasteiger partial charge is 0.262 e. The molecular weight excluding hydrogens is 577 g/mol. The Morgan fingerprint density at radius 1 is 0.902 bits per heavy atom. The first-order valence-electron chi connectivity index (χ1n) is 13.8. The third kappa shape index (κ3) is 7.39. The van der Waals surface area contributed by atoms with Crippen LogP contribution in [0.2, 0.25) is 10.0 Å². The number of benzene rings is 3. The van der Waals surface area contributed by atoms with E-state index in [1.54, 1.807) is 34.9 Å². The quantitative estimate of drug-likeness (QED) is 0.150. The van der Waals surface area contributed by atoms with Gasteiger partial charge in [0.1, 0.15) is 5.78 Å². The molecular formula is C32H31Cl2N3O3S. The number of halogens is 2. The van der Waals surface area contributed by atoms with Gasteiger partial charge >= 0.3 is 0 Å². The average molecular weight is 609 g/mol. The first kappa shape index (κ1) is 29.4. The lowest BCUT2D eigenvalue weighted by Crippen LogP contribution is -2.30. The largest absolute Gasteiger partial charge is 0.324 e. The van der Waals surface area contributed by atoms with Crippen LogP contribution >= 0.6 is 35.0 Å². The van der Waals surface area contributed by atoms with E-state index >= 15 is 0 Å². The number of nitrogens with zero attached hydrogens (tertiary/aromatic N) is 2. The van der Waals surface area contributed by atoms with Gasteiger partial charge in [0.05, 0.1) is 27.4 Å². The SMILES string of the molecule is O=C(CSc1nc2ccccc2c(=O)n1CC1CCC(C(=O)CCc2ccccc2Cl)CC1)Nc1ccccc1Cl. The lowest BCUT2D eigenvalue weighted by atomic mass is 9.79. The van der Waals surface area contributed by atoms with Gasteiger partial charge in [0.25, 0.3) is 5.56 Å². The topological polar surface area (TPSA) is 81.1 Å². The predicted octanol–water partition coefficient (Wildman–Crippen LogP) is 7.44. The first-order chi connectivity index (χ1) is 19.9. The third-order valence-electron chi connectivity index (χ3n) is 7.65. The normalized spacial score (nSPS) is 16.9. The van der Waals surface area contributed by atoms with E-state index in [-0.39, 0.29) is 34.8 Å². The van der Waals surface area contributed by atoms with Crippen molar-refractivity contribution in [1.82, 2.24) is 9.55 Å². The van der Waals surface area contributed by atoms with Crippen LogP contribution in [-0.2, 0) is 22.6 Å². The van der Waals surface area contributed by atoms with Crippen molar-refractivity contribution in [1.29, 1.82) is 0 Å². The van der Waals surface area contributed by atoms with E-state index < -0.39 is 0 Å². The van der Waals surface area contributed by atoms with Crippen molar-refractivity contribution in [3.8, 4) is 0 Å². The standard InChI is InChI=1S/C32H31Cl2N3O3S/c33-25-9-3-1-7-22(25)17-18-29(38)23-15-13-21(14-16-23)19-37-31(40)24-8-2-5-11-27(24)36-32(37)41-20-30(39)35-28-12-6-4-10-26(28)34/h1-12,21,23H,13-20H2,(H,35,39).